The van der Waals surface area contributed by atoms with Crippen LogP contribution in [0.2, 0.25) is 0 Å². The molecule has 0 aliphatic rings. The Morgan fingerprint density at radius 2 is 2.06 bits per heavy atom. The van der Waals surface area contributed by atoms with Gasteiger partial charge < -0.3 is 5.32 Å². The molecule has 1 aromatic carbocycles. The first-order chi connectivity index (χ1) is 7.66. The summed E-state index contributed by atoms with van der Waals surface area (Å²) in [5.41, 5.74) is 4.94. The summed E-state index contributed by atoms with van der Waals surface area (Å²) >= 11 is 0. The van der Waals surface area contributed by atoms with Gasteiger partial charge in [0.2, 0.25) is 0 Å². The first-order valence-corrected chi connectivity index (χ1v) is 5.45. The van der Waals surface area contributed by atoms with Gasteiger partial charge in [-0.3, -0.25) is 4.68 Å². The molecule has 0 amide bonds. The maximum atomic E-state index is 4.14. The summed E-state index contributed by atoms with van der Waals surface area (Å²) in [7, 11) is 1.96. The normalized spacial score (nSPS) is 10.4. The Bertz CT molecular complexity index is 486. The van der Waals surface area contributed by atoms with Gasteiger partial charge in [-0.2, -0.15) is 5.10 Å². The van der Waals surface area contributed by atoms with E-state index in [1.807, 2.05) is 24.0 Å². The number of hydrogen-bond acceptors (Lipinski definition) is 2. The van der Waals surface area contributed by atoms with Gasteiger partial charge >= 0.3 is 0 Å². The average molecular weight is 215 g/mol. The molecule has 3 nitrogen and oxygen atoms in total. The molecular formula is C13H17N3. The number of rotatable bonds is 3. The van der Waals surface area contributed by atoms with E-state index in [1.54, 1.807) is 0 Å². The lowest BCUT2D eigenvalue weighted by atomic mass is 10.1. The highest BCUT2D eigenvalue weighted by Crippen LogP contribution is 2.16. The highest BCUT2D eigenvalue weighted by molar-refractivity contribution is 5.51. The number of hydrogen-bond donors (Lipinski definition) is 1. The van der Waals surface area contributed by atoms with Gasteiger partial charge in [-0.15, -0.1) is 0 Å². The van der Waals surface area contributed by atoms with E-state index in [0.29, 0.717) is 0 Å². The van der Waals surface area contributed by atoms with Crippen LogP contribution in [0, 0.1) is 13.8 Å². The largest absolute Gasteiger partial charge is 0.379 e. The van der Waals surface area contributed by atoms with Crippen LogP contribution in [0.4, 0.5) is 5.69 Å². The Hall–Kier alpha value is -1.77. The zero-order valence-electron chi connectivity index (χ0n) is 9.99. The van der Waals surface area contributed by atoms with Crippen molar-refractivity contribution in [2.75, 3.05) is 5.32 Å². The van der Waals surface area contributed by atoms with Crippen molar-refractivity contribution in [1.82, 2.24) is 9.78 Å². The van der Waals surface area contributed by atoms with Gasteiger partial charge in [-0.25, -0.2) is 0 Å². The molecule has 1 N–H and O–H groups in total. The molecule has 0 saturated carbocycles. The van der Waals surface area contributed by atoms with Gasteiger partial charge in [0.15, 0.2) is 0 Å². The molecule has 16 heavy (non-hydrogen) atoms. The van der Waals surface area contributed by atoms with Crippen molar-refractivity contribution in [3.05, 3.63) is 47.3 Å². The Morgan fingerprint density at radius 3 is 2.69 bits per heavy atom. The van der Waals surface area contributed by atoms with E-state index in [0.717, 1.165) is 6.54 Å². The SMILES string of the molecule is Cc1ccc(NCc2ccnn2C)c(C)c1. The molecule has 0 spiro atoms. The van der Waals surface area contributed by atoms with Crippen LogP contribution < -0.4 is 5.32 Å². The van der Waals surface area contributed by atoms with E-state index in [2.05, 4.69) is 42.5 Å². The van der Waals surface area contributed by atoms with Crippen LogP contribution >= 0.6 is 0 Å². The van der Waals surface area contributed by atoms with Crippen LogP contribution in [-0.2, 0) is 13.6 Å². The number of nitrogens with one attached hydrogen (secondary N) is 1. The lowest BCUT2D eigenvalue weighted by Gasteiger charge is -2.10. The van der Waals surface area contributed by atoms with Crippen molar-refractivity contribution in [2.24, 2.45) is 7.05 Å². The first kappa shape index (κ1) is 10.7. The Balaban J connectivity index is 2.08. The fraction of sp³-hybridized carbons (Fsp3) is 0.308. The maximum absolute atomic E-state index is 4.14. The van der Waals surface area contributed by atoms with E-state index >= 15 is 0 Å². The average Bonchev–Trinajstić information content (AvgIpc) is 2.63. The van der Waals surface area contributed by atoms with Crippen LogP contribution in [0.3, 0.4) is 0 Å². The van der Waals surface area contributed by atoms with Crippen LogP contribution in [0.25, 0.3) is 0 Å². The van der Waals surface area contributed by atoms with Gasteiger partial charge in [0.05, 0.1) is 12.2 Å². The Labute approximate surface area is 96.1 Å². The van der Waals surface area contributed by atoms with Gasteiger partial charge in [0.25, 0.3) is 0 Å². The number of nitrogens with zero attached hydrogens (tertiary/aromatic N) is 2. The summed E-state index contributed by atoms with van der Waals surface area (Å²) in [6.45, 7) is 5.04. The van der Waals surface area contributed by atoms with E-state index < -0.39 is 0 Å². The number of benzene rings is 1. The number of aromatic nitrogens is 2. The molecule has 0 aliphatic heterocycles. The Morgan fingerprint density at radius 1 is 1.25 bits per heavy atom. The van der Waals surface area contributed by atoms with Crippen molar-refractivity contribution < 1.29 is 0 Å². The van der Waals surface area contributed by atoms with E-state index in [-0.39, 0.29) is 0 Å². The third-order valence-corrected chi connectivity index (χ3v) is 2.76. The molecule has 1 aromatic heterocycles. The summed E-state index contributed by atoms with van der Waals surface area (Å²) < 4.78 is 1.89. The molecule has 2 aromatic rings. The maximum Gasteiger partial charge on any atom is 0.0571 e. The lowest BCUT2D eigenvalue weighted by Crippen LogP contribution is -2.06. The molecule has 0 bridgehead atoms. The van der Waals surface area contributed by atoms with E-state index in [4.69, 9.17) is 0 Å². The zero-order valence-corrected chi connectivity index (χ0v) is 9.99. The molecule has 3 heteroatoms. The molecule has 2 rings (SSSR count). The number of anilines is 1. The quantitative estimate of drug-likeness (QED) is 0.853. The third-order valence-electron chi connectivity index (χ3n) is 2.76. The minimum absolute atomic E-state index is 0.806. The second kappa shape index (κ2) is 4.39. The van der Waals surface area contributed by atoms with Crippen molar-refractivity contribution in [3.63, 3.8) is 0 Å². The van der Waals surface area contributed by atoms with E-state index in [1.165, 1.54) is 22.5 Å². The van der Waals surface area contributed by atoms with Crippen LogP contribution in [0.15, 0.2) is 30.5 Å². The summed E-state index contributed by atoms with van der Waals surface area (Å²) in [5, 5.41) is 7.56. The van der Waals surface area contributed by atoms with Gasteiger partial charge in [0, 0.05) is 18.9 Å². The molecule has 0 fully saturated rings. The molecule has 0 unspecified atom stereocenters. The minimum Gasteiger partial charge on any atom is -0.379 e. The van der Waals surface area contributed by atoms with E-state index in [9.17, 15) is 0 Å². The molecular weight excluding hydrogens is 198 g/mol. The van der Waals surface area contributed by atoms with Crippen molar-refractivity contribution in [1.29, 1.82) is 0 Å². The third kappa shape index (κ3) is 2.24. The summed E-state index contributed by atoms with van der Waals surface area (Å²) in [6, 6.07) is 8.46. The summed E-state index contributed by atoms with van der Waals surface area (Å²) in [6.07, 6.45) is 1.82. The van der Waals surface area contributed by atoms with Crippen molar-refractivity contribution in [3.8, 4) is 0 Å². The topological polar surface area (TPSA) is 29.9 Å². The van der Waals surface area contributed by atoms with Crippen LogP contribution in [0.1, 0.15) is 16.8 Å². The second-order valence-corrected chi connectivity index (χ2v) is 4.12. The lowest BCUT2D eigenvalue weighted by molar-refractivity contribution is 0.720. The van der Waals surface area contributed by atoms with Gasteiger partial charge in [-0.05, 0) is 31.5 Å². The fourth-order valence-corrected chi connectivity index (χ4v) is 1.77. The fourth-order valence-electron chi connectivity index (χ4n) is 1.77. The first-order valence-electron chi connectivity index (χ1n) is 5.45. The number of aryl methyl sites for hydroxylation is 3. The summed E-state index contributed by atoms with van der Waals surface area (Å²) in [4.78, 5) is 0. The highest BCUT2D eigenvalue weighted by Gasteiger charge is 2.00. The van der Waals surface area contributed by atoms with Crippen molar-refractivity contribution >= 4 is 5.69 Å². The monoisotopic (exact) mass is 215 g/mol. The van der Waals surface area contributed by atoms with Gasteiger partial charge in [-0.1, -0.05) is 17.7 Å². The van der Waals surface area contributed by atoms with Crippen molar-refractivity contribution in [2.45, 2.75) is 20.4 Å². The highest BCUT2D eigenvalue weighted by atomic mass is 15.3. The molecule has 84 valence electrons. The predicted octanol–water partition coefficient (Wildman–Crippen LogP) is 2.65. The van der Waals surface area contributed by atoms with Crippen LogP contribution in [-0.4, -0.2) is 9.78 Å². The molecule has 1 heterocycles. The minimum atomic E-state index is 0.806. The van der Waals surface area contributed by atoms with Crippen LogP contribution in [0.5, 0.6) is 0 Å². The molecule has 0 atom stereocenters. The molecule has 0 radical (unpaired) electrons. The smallest absolute Gasteiger partial charge is 0.0571 e. The van der Waals surface area contributed by atoms with Gasteiger partial charge in [0.1, 0.15) is 0 Å². The molecule has 0 saturated heterocycles. The standard InChI is InChI=1S/C13H17N3/c1-10-4-5-13(11(2)8-10)14-9-12-6-7-15-16(12)3/h4-8,14H,9H2,1-3H3. The second-order valence-electron chi connectivity index (χ2n) is 4.12. The zero-order chi connectivity index (χ0) is 11.5. The molecule has 0 aliphatic carbocycles. The Kier molecular flexibility index (Phi) is 2.95. The summed E-state index contributed by atoms with van der Waals surface area (Å²) in [5.74, 6) is 0. The predicted molar refractivity (Wildman–Crippen MR) is 66.5 cm³/mol.